The molecule has 5 nitrogen and oxygen atoms in total. The smallest absolute Gasteiger partial charge is 0.211 e. The summed E-state index contributed by atoms with van der Waals surface area (Å²) in [5, 5.41) is 10.9. The minimum absolute atomic E-state index is 0.0657. The van der Waals surface area contributed by atoms with Crippen LogP contribution in [0.15, 0.2) is 165 Å². The summed E-state index contributed by atoms with van der Waals surface area (Å²) < 4.78 is 15.3. The molecule has 2 N–H and O–H groups in total. The second kappa shape index (κ2) is 11.4. The molecule has 0 saturated heterocycles. The summed E-state index contributed by atoms with van der Waals surface area (Å²) >= 11 is 1.84. The van der Waals surface area contributed by atoms with Crippen molar-refractivity contribution in [3.63, 3.8) is 0 Å². The largest absolute Gasteiger partial charge is 0.456 e. The number of benzene rings is 7. The van der Waals surface area contributed by atoms with Crippen LogP contribution in [0, 0.1) is 0 Å². The normalized spacial score (nSPS) is 17.8. The molecule has 0 saturated carbocycles. The first-order valence-corrected chi connectivity index (χ1v) is 18.5. The van der Waals surface area contributed by atoms with Gasteiger partial charge in [0.1, 0.15) is 28.2 Å². The molecule has 10 aromatic rings. The highest BCUT2D eigenvalue weighted by Gasteiger charge is 2.36. The van der Waals surface area contributed by atoms with Gasteiger partial charge in [-0.1, -0.05) is 115 Å². The monoisotopic (exact) mass is 690 g/mol. The van der Waals surface area contributed by atoms with Crippen molar-refractivity contribution in [2.75, 3.05) is 7.05 Å². The van der Waals surface area contributed by atoms with E-state index in [0.717, 1.165) is 66.4 Å². The Morgan fingerprint density at radius 1 is 0.577 bits per heavy atom. The Bertz CT molecular complexity index is 3040. The zero-order chi connectivity index (χ0) is 34.3. The number of nitrogens with one attached hydrogen (secondary N) is 2. The van der Waals surface area contributed by atoms with Gasteiger partial charge in [-0.25, -0.2) is 4.99 Å². The van der Waals surface area contributed by atoms with Crippen molar-refractivity contribution in [3.8, 4) is 11.1 Å². The van der Waals surface area contributed by atoms with Crippen LogP contribution in [-0.4, -0.2) is 12.9 Å². The number of fused-ring (bicyclic) bond motifs is 9. The molecule has 0 aliphatic carbocycles. The van der Waals surface area contributed by atoms with E-state index in [-0.39, 0.29) is 12.3 Å². The number of amidine groups is 1. The molecule has 0 spiro atoms. The molecular weight excluding hydrogens is 659 g/mol. The highest BCUT2D eigenvalue weighted by atomic mass is 32.1. The van der Waals surface area contributed by atoms with Crippen LogP contribution in [-0.2, 0) is 0 Å². The first-order chi connectivity index (χ1) is 25.7. The van der Waals surface area contributed by atoms with Crippen LogP contribution in [0.25, 0.3) is 75.2 Å². The molecule has 11 rings (SSSR count). The lowest BCUT2D eigenvalue weighted by Gasteiger charge is -2.36. The van der Waals surface area contributed by atoms with Gasteiger partial charge in [-0.3, -0.25) is 4.90 Å². The topological polar surface area (TPSA) is 55.1 Å². The zero-order valence-corrected chi connectivity index (χ0v) is 29.1. The predicted octanol–water partition coefficient (Wildman–Crippen LogP) is 10.8. The maximum absolute atomic E-state index is 6.41. The lowest BCUT2D eigenvalue weighted by molar-refractivity contribution is -0.947. The third-order valence-corrected chi connectivity index (χ3v) is 11.9. The van der Waals surface area contributed by atoms with Crippen molar-refractivity contribution >= 4 is 81.2 Å². The van der Waals surface area contributed by atoms with Gasteiger partial charge in [-0.05, 0) is 42.0 Å². The van der Waals surface area contributed by atoms with Crippen molar-refractivity contribution in [2.24, 2.45) is 4.99 Å². The second-order valence-electron chi connectivity index (χ2n) is 13.7. The van der Waals surface area contributed by atoms with E-state index >= 15 is 0 Å². The third kappa shape index (κ3) is 4.48. The Labute approximate surface area is 303 Å². The van der Waals surface area contributed by atoms with E-state index in [2.05, 4.69) is 140 Å². The Morgan fingerprint density at radius 2 is 1.33 bits per heavy atom. The zero-order valence-electron chi connectivity index (χ0n) is 28.3. The molecule has 6 heteroatoms. The van der Waals surface area contributed by atoms with Crippen molar-refractivity contribution in [2.45, 2.75) is 12.3 Å². The number of aliphatic imine (C=N–C) groups is 1. The Hall–Kier alpha value is -6.21. The van der Waals surface area contributed by atoms with E-state index in [1.807, 2.05) is 35.6 Å². The van der Waals surface area contributed by atoms with Gasteiger partial charge in [0.25, 0.3) is 0 Å². The average Bonchev–Trinajstić information content (AvgIpc) is 3.89. The number of thiophene rings is 1. The fourth-order valence-corrected chi connectivity index (χ4v) is 9.37. The maximum Gasteiger partial charge on any atom is 0.211 e. The summed E-state index contributed by atoms with van der Waals surface area (Å²) in [6.45, 7) is 0. The van der Waals surface area contributed by atoms with E-state index in [1.54, 1.807) is 0 Å². The van der Waals surface area contributed by atoms with Gasteiger partial charge >= 0.3 is 0 Å². The molecule has 3 aromatic heterocycles. The SMILES string of the molecule is C[NH+]1C(c2ccc3c(c2)sc2ccc(-c4cccc5c4oc4ccccc45)cc23)N=C(c2ccccc2)NC1c1cccc2oc3ccccc3c12. The number of rotatable bonds is 4. The molecule has 3 unspecified atom stereocenters. The summed E-state index contributed by atoms with van der Waals surface area (Å²) in [4.78, 5) is 6.66. The van der Waals surface area contributed by atoms with E-state index in [4.69, 9.17) is 13.8 Å². The Balaban J connectivity index is 1.03. The third-order valence-electron chi connectivity index (χ3n) is 10.7. The predicted molar refractivity (Wildman–Crippen MR) is 214 cm³/mol. The summed E-state index contributed by atoms with van der Waals surface area (Å²) in [5.74, 6) is 0.895. The highest BCUT2D eigenvalue weighted by molar-refractivity contribution is 7.25. The van der Waals surface area contributed by atoms with Crippen LogP contribution in [0.1, 0.15) is 29.0 Å². The molecule has 4 heterocycles. The lowest BCUT2D eigenvalue weighted by atomic mass is 9.99. The van der Waals surface area contributed by atoms with Gasteiger partial charge in [0.05, 0.1) is 7.05 Å². The van der Waals surface area contributed by atoms with Gasteiger partial charge in [0, 0.05) is 64.0 Å². The fraction of sp³-hybridized carbons (Fsp3) is 0.0652. The van der Waals surface area contributed by atoms with E-state index < -0.39 is 0 Å². The summed E-state index contributed by atoms with van der Waals surface area (Å²) in [7, 11) is 2.24. The molecular formula is C46H32N3O2S+. The quantitative estimate of drug-likeness (QED) is 0.193. The lowest BCUT2D eigenvalue weighted by Crippen LogP contribution is -3.12. The van der Waals surface area contributed by atoms with E-state index in [0.29, 0.717) is 0 Å². The van der Waals surface area contributed by atoms with Crippen LogP contribution in [0.2, 0.25) is 0 Å². The van der Waals surface area contributed by atoms with Gasteiger partial charge in [-0.15, -0.1) is 11.3 Å². The van der Waals surface area contributed by atoms with Gasteiger partial charge in [-0.2, -0.15) is 0 Å². The van der Waals surface area contributed by atoms with E-state index in [1.165, 1.54) is 36.2 Å². The molecule has 248 valence electrons. The van der Waals surface area contributed by atoms with Crippen molar-refractivity contribution < 1.29 is 13.7 Å². The average molecular weight is 691 g/mol. The molecule has 0 radical (unpaired) electrons. The number of para-hydroxylation sites is 3. The van der Waals surface area contributed by atoms with Crippen LogP contribution < -0.4 is 10.2 Å². The first-order valence-electron chi connectivity index (χ1n) is 17.7. The van der Waals surface area contributed by atoms with Crippen molar-refractivity contribution in [1.29, 1.82) is 0 Å². The highest BCUT2D eigenvalue weighted by Crippen LogP contribution is 2.41. The van der Waals surface area contributed by atoms with Gasteiger partial charge < -0.3 is 14.2 Å². The molecule has 0 bridgehead atoms. The summed E-state index contributed by atoms with van der Waals surface area (Å²) in [6, 6.07) is 53.7. The molecule has 7 aromatic carbocycles. The van der Waals surface area contributed by atoms with Crippen molar-refractivity contribution in [3.05, 3.63) is 168 Å². The number of quaternary nitrogens is 1. The van der Waals surface area contributed by atoms with Gasteiger partial charge in [0.15, 0.2) is 6.17 Å². The van der Waals surface area contributed by atoms with Gasteiger partial charge in [0.2, 0.25) is 6.17 Å². The number of hydrogen-bond donors (Lipinski definition) is 2. The molecule has 0 amide bonds. The molecule has 3 atom stereocenters. The van der Waals surface area contributed by atoms with Crippen LogP contribution in [0.4, 0.5) is 0 Å². The second-order valence-corrected chi connectivity index (χ2v) is 14.8. The molecule has 0 fully saturated rings. The van der Waals surface area contributed by atoms with Crippen molar-refractivity contribution in [1.82, 2.24) is 5.32 Å². The Morgan fingerprint density at radius 3 is 2.21 bits per heavy atom. The minimum atomic E-state index is -0.134. The summed E-state index contributed by atoms with van der Waals surface area (Å²) in [5.41, 5.74) is 9.38. The number of hydrogen-bond acceptors (Lipinski definition) is 5. The Kier molecular flexibility index (Phi) is 6.47. The van der Waals surface area contributed by atoms with Crippen LogP contribution >= 0.6 is 11.3 Å². The number of nitrogens with zero attached hydrogens (tertiary/aromatic N) is 1. The first kappa shape index (κ1) is 29.5. The molecule has 52 heavy (non-hydrogen) atoms. The van der Waals surface area contributed by atoms with E-state index in [9.17, 15) is 0 Å². The fourth-order valence-electron chi connectivity index (χ4n) is 8.24. The summed E-state index contributed by atoms with van der Waals surface area (Å²) in [6.07, 6.45) is -0.199. The molecule has 1 aliphatic heterocycles. The minimum Gasteiger partial charge on any atom is -0.456 e. The molecule has 1 aliphatic rings. The van der Waals surface area contributed by atoms with Crippen LogP contribution in [0.5, 0.6) is 0 Å². The van der Waals surface area contributed by atoms with Crippen LogP contribution in [0.3, 0.4) is 0 Å². The number of furan rings is 2. The standard InChI is InChI=1S/C46H31N3O2S/c1-49-45(47-44(27-11-3-2-4-12-27)48-46(49)35-17-10-20-39-42(35)34-14-6-8-19-38(34)50-39)29-21-23-32-36-25-28(22-24-40(36)52-41(32)26-29)30-15-9-16-33-31-13-5-7-18-37(31)51-43(30)33/h2-26,45-46H,1H3,(H,47,48)/p+1. The maximum atomic E-state index is 6.41.